The van der Waals surface area contributed by atoms with Crippen LogP contribution in [-0.2, 0) is 0 Å². The molecule has 0 saturated heterocycles. The van der Waals surface area contributed by atoms with Crippen molar-refractivity contribution in [2.24, 2.45) is 0 Å². The Morgan fingerprint density at radius 3 is 3.10 bits per heavy atom. The average molecular weight is 135 g/mol. The molecular weight excluding hydrogens is 126 g/mol. The van der Waals surface area contributed by atoms with Gasteiger partial charge in [0.2, 0.25) is 0 Å². The predicted molar refractivity (Wildman–Crippen MR) is 37.4 cm³/mol. The van der Waals surface area contributed by atoms with E-state index in [0.717, 1.165) is 0 Å². The largest absolute Gasteiger partial charge is 0.246 e. The first-order valence-electron chi connectivity index (χ1n) is 3.49. The lowest BCUT2D eigenvalue weighted by molar-refractivity contribution is 0.512. The fourth-order valence-corrected chi connectivity index (χ4v) is 1.23. The summed E-state index contributed by atoms with van der Waals surface area (Å²) in [4.78, 5) is 0. The Hall–Kier alpha value is -1.12. The van der Waals surface area contributed by atoms with Crippen molar-refractivity contribution < 1.29 is 0 Å². The third-order valence-electron chi connectivity index (χ3n) is 1.77. The fourth-order valence-electron chi connectivity index (χ4n) is 1.23. The molecule has 3 nitrogen and oxygen atoms in total. The molecule has 0 bridgehead atoms. The molecule has 1 aromatic heterocycles. The maximum atomic E-state index is 3.91. The Bertz CT molecular complexity index is 225. The molecule has 0 radical (unpaired) electrons. The van der Waals surface area contributed by atoms with E-state index < -0.39 is 0 Å². The van der Waals surface area contributed by atoms with E-state index in [-0.39, 0.29) is 0 Å². The van der Waals surface area contributed by atoms with Gasteiger partial charge in [0.25, 0.3) is 0 Å². The molecule has 0 N–H and O–H groups in total. The molecule has 52 valence electrons. The number of rotatable bonds is 1. The number of hydrogen-bond donors (Lipinski definition) is 0. The first-order chi connectivity index (χ1) is 4.97. The van der Waals surface area contributed by atoms with Gasteiger partial charge < -0.3 is 0 Å². The van der Waals surface area contributed by atoms with Crippen molar-refractivity contribution in [3.05, 3.63) is 24.5 Å². The molecule has 1 aliphatic carbocycles. The highest BCUT2D eigenvalue weighted by atomic mass is 15.4. The highest BCUT2D eigenvalue weighted by Crippen LogP contribution is 2.20. The van der Waals surface area contributed by atoms with Gasteiger partial charge in [0.05, 0.1) is 12.2 Å². The number of nitrogens with zero attached hydrogens (tertiary/aromatic N) is 3. The van der Waals surface area contributed by atoms with E-state index in [1.54, 1.807) is 6.20 Å². The quantitative estimate of drug-likeness (QED) is 0.541. The van der Waals surface area contributed by atoms with Crippen LogP contribution < -0.4 is 0 Å². The van der Waals surface area contributed by atoms with Crippen LogP contribution >= 0.6 is 0 Å². The van der Waals surface area contributed by atoms with Gasteiger partial charge in [-0.3, -0.25) is 0 Å². The second-order valence-electron chi connectivity index (χ2n) is 2.46. The van der Waals surface area contributed by atoms with Crippen molar-refractivity contribution in [2.75, 3.05) is 0 Å². The Balaban J connectivity index is 2.20. The van der Waals surface area contributed by atoms with Crippen molar-refractivity contribution in [2.45, 2.75) is 18.9 Å². The monoisotopic (exact) mass is 135 g/mol. The third-order valence-corrected chi connectivity index (χ3v) is 1.77. The van der Waals surface area contributed by atoms with E-state index in [1.807, 2.05) is 10.9 Å². The van der Waals surface area contributed by atoms with Gasteiger partial charge in [-0.2, -0.15) is 0 Å². The fraction of sp³-hybridized carbons (Fsp3) is 0.429. The second kappa shape index (κ2) is 2.25. The molecular formula is C7H9N3. The summed E-state index contributed by atoms with van der Waals surface area (Å²) in [6, 6.07) is 0.461. The van der Waals surface area contributed by atoms with Crippen molar-refractivity contribution in [1.29, 1.82) is 0 Å². The van der Waals surface area contributed by atoms with Crippen LogP contribution in [0.15, 0.2) is 24.5 Å². The summed E-state index contributed by atoms with van der Waals surface area (Å²) in [6.07, 6.45) is 10.3. The SMILES string of the molecule is C1=CC(n2ccnn2)CC1. The molecule has 3 heteroatoms. The molecule has 0 aromatic carbocycles. The summed E-state index contributed by atoms with van der Waals surface area (Å²) in [5.74, 6) is 0. The molecule has 0 amide bonds. The smallest absolute Gasteiger partial charge is 0.0720 e. The minimum atomic E-state index is 0.461. The molecule has 0 spiro atoms. The topological polar surface area (TPSA) is 30.7 Å². The van der Waals surface area contributed by atoms with Gasteiger partial charge in [0, 0.05) is 6.20 Å². The number of hydrogen-bond acceptors (Lipinski definition) is 2. The highest BCUT2D eigenvalue weighted by molar-refractivity contribution is 4.99. The van der Waals surface area contributed by atoms with Crippen molar-refractivity contribution in [1.82, 2.24) is 15.0 Å². The molecule has 1 atom stereocenters. The van der Waals surface area contributed by atoms with Crippen LogP contribution in [0.3, 0.4) is 0 Å². The number of aromatic nitrogens is 3. The van der Waals surface area contributed by atoms with Gasteiger partial charge >= 0.3 is 0 Å². The first kappa shape index (κ1) is 5.65. The molecule has 1 heterocycles. The van der Waals surface area contributed by atoms with Crippen molar-refractivity contribution >= 4 is 0 Å². The van der Waals surface area contributed by atoms with Crippen LogP contribution in [0, 0.1) is 0 Å². The Morgan fingerprint density at radius 1 is 1.50 bits per heavy atom. The number of allylic oxidation sites excluding steroid dienone is 2. The average Bonchev–Trinajstić information content (AvgIpc) is 2.59. The molecule has 10 heavy (non-hydrogen) atoms. The highest BCUT2D eigenvalue weighted by Gasteiger charge is 2.10. The summed E-state index contributed by atoms with van der Waals surface area (Å²) in [5, 5.41) is 7.66. The van der Waals surface area contributed by atoms with E-state index >= 15 is 0 Å². The summed E-state index contributed by atoms with van der Waals surface area (Å²) < 4.78 is 1.89. The molecule has 0 aliphatic heterocycles. The van der Waals surface area contributed by atoms with Crippen LogP contribution in [0.5, 0.6) is 0 Å². The summed E-state index contributed by atoms with van der Waals surface area (Å²) in [6.45, 7) is 0. The van der Waals surface area contributed by atoms with E-state index in [4.69, 9.17) is 0 Å². The Morgan fingerprint density at radius 2 is 2.50 bits per heavy atom. The van der Waals surface area contributed by atoms with Crippen LogP contribution in [0.1, 0.15) is 18.9 Å². The summed E-state index contributed by atoms with van der Waals surface area (Å²) in [5.41, 5.74) is 0. The van der Waals surface area contributed by atoms with Crippen LogP contribution in [0.2, 0.25) is 0 Å². The molecule has 1 aromatic rings. The van der Waals surface area contributed by atoms with E-state index in [9.17, 15) is 0 Å². The van der Waals surface area contributed by atoms with Gasteiger partial charge in [-0.15, -0.1) is 5.10 Å². The maximum Gasteiger partial charge on any atom is 0.0720 e. The summed E-state index contributed by atoms with van der Waals surface area (Å²) >= 11 is 0. The van der Waals surface area contributed by atoms with Gasteiger partial charge in [0.15, 0.2) is 0 Å². The zero-order valence-electron chi connectivity index (χ0n) is 5.64. The standard InChI is InChI=1S/C7H9N3/c1-2-4-7(3-1)10-6-5-8-9-10/h1,3,5-7H,2,4H2. The van der Waals surface area contributed by atoms with Crippen molar-refractivity contribution in [3.63, 3.8) is 0 Å². The third kappa shape index (κ3) is 0.835. The lowest BCUT2D eigenvalue weighted by atomic mass is 10.3. The second-order valence-corrected chi connectivity index (χ2v) is 2.46. The van der Waals surface area contributed by atoms with E-state index in [2.05, 4.69) is 22.5 Å². The van der Waals surface area contributed by atoms with Gasteiger partial charge in [-0.25, -0.2) is 4.68 Å². The molecule has 1 unspecified atom stereocenters. The minimum absolute atomic E-state index is 0.461. The normalized spacial score (nSPS) is 23.8. The molecule has 2 rings (SSSR count). The zero-order chi connectivity index (χ0) is 6.81. The lowest BCUT2D eigenvalue weighted by Gasteiger charge is -2.04. The Labute approximate surface area is 59.4 Å². The molecule has 0 fully saturated rings. The lowest BCUT2D eigenvalue weighted by Crippen LogP contribution is -2.03. The predicted octanol–water partition coefficient (Wildman–Crippen LogP) is 1.17. The van der Waals surface area contributed by atoms with Gasteiger partial charge in [0.1, 0.15) is 0 Å². The molecule has 1 aliphatic rings. The van der Waals surface area contributed by atoms with Gasteiger partial charge in [-0.05, 0) is 12.8 Å². The van der Waals surface area contributed by atoms with Crippen LogP contribution in [-0.4, -0.2) is 15.0 Å². The van der Waals surface area contributed by atoms with Crippen LogP contribution in [0.25, 0.3) is 0 Å². The van der Waals surface area contributed by atoms with E-state index in [0.29, 0.717) is 6.04 Å². The van der Waals surface area contributed by atoms with Crippen LogP contribution in [0.4, 0.5) is 0 Å². The minimum Gasteiger partial charge on any atom is -0.246 e. The Kier molecular flexibility index (Phi) is 1.27. The zero-order valence-corrected chi connectivity index (χ0v) is 5.64. The van der Waals surface area contributed by atoms with Crippen molar-refractivity contribution in [3.8, 4) is 0 Å². The maximum absolute atomic E-state index is 3.91. The van der Waals surface area contributed by atoms with Gasteiger partial charge in [-0.1, -0.05) is 17.4 Å². The summed E-state index contributed by atoms with van der Waals surface area (Å²) in [7, 11) is 0. The first-order valence-corrected chi connectivity index (χ1v) is 3.49. The molecule has 0 saturated carbocycles. The van der Waals surface area contributed by atoms with E-state index in [1.165, 1.54) is 12.8 Å².